The summed E-state index contributed by atoms with van der Waals surface area (Å²) >= 11 is 5.83. The van der Waals surface area contributed by atoms with Crippen LogP contribution in [0.25, 0.3) is 0 Å². The minimum Gasteiger partial charge on any atom is -0.459 e. The molecular weight excluding hydrogens is 360 g/mol. The van der Waals surface area contributed by atoms with E-state index in [9.17, 15) is 14.4 Å². The van der Waals surface area contributed by atoms with Gasteiger partial charge in [0.2, 0.25) is 0 Å². The average molecular weight is 377 g/mol. The number of piperazine rings is 1. The fourth-order valence-corrected chi connectivity index (χ4v) is 2.82. The molecule has 0 N–H and O–H groups in total. The molecule has 0 spiro atoms. The van der Waals surface area contributed by atoms with Gasteiger partial charge in [0.05, 0.1) is 11.8 Å². The Labute approximate surface area is 155 Å². The quantitative estimate of drug-likeness (QED) is 0.763. The first kappa shape index (κ1) is 18.0. The number of amides is 2. The first-order valence-electron chi connectivity index (χ1n) is 8.08. The monoisotopic (exact) mass is 376 g/mol. The van der Waals surface area contributed by atoms with Gasteiger partial charge in [0.1, 0.15) is 0 Å². The van der Waals surface area contributed by atoms with E-state index in [1.807, 2.05) is 0 Å². The van der Waals surface area contributed by atoms with Gasteiger partial charge in [-0.25, -0.2) is 4.79 Å². The lowest BCUT2D eigenvalue weighted by Crippen LogP contribution is -2.51. The van der Waals surface area contributed by atoms with E-state index in [1.54, 1.807) is 40.1 Å². The van der Waals surface area contributed by atoms with Crippen LogP contribution in [-0.2, 0) is 9.53 Å². The van der Waals surface area contributed by atoms with Crippen molar-refractivity contribution in [2.75, 3.05) is 32.8 Å². The number of hydrogen-bond acceptors (Lipinski definition) is 5. The smallest absolute Gasteiger partial charge is 0.338 e. The molecule has 7 nitrogen and oxygen atoms in total. The third-order valence-electron chi connectivity index (χ3n) is 4.04. The fourth-order valence-electron chi connectivity index (χ4n) is 2.63. The molecule has 1 aliphatic heterocycles. The minimum absolute atomic E-state index is 0.200. The highest BCUT2D eigenvalue weighted by atomic mass is 35.5. The molecule has 0 unspecified atom stereocenters. The Morgan fingerprint density at radius 3 is 2.42 bits per heavy atom. The molecule has 2 aromatic rings. The molecule has 1 saturated heterocycles. The predicted octanol–water partition coefficient (Wildman–Crippen LogP) is 2.07. The highest BCUT2D eigenvalue weighted by Crippen LogP contribution is 2.12. The molecule has 136 valence electrons. The number of hydrogen-bond donors (Lipinski definition) is 0. The van der Waals surface area contributed by atoms with Crippen LogP contribution in [0.1, 0.15) is 20.9 Å². The lowest BCUT2D eigenvalue weighted by atomic mass is 10.2. The van der Waals surface area contributed by atoms with E-state index in [0.29, 0.717) is 36.8 Å². The van der Waals surface area contributed by atoms with Crippen molar-refractivity contribution in [3.8, 4) is 0 Å². The number of benzene rings is 1. The summed E-state index contributed by atoms with van der Waals surface area (Å²) in [5.41, 5.74) is 0.291. The van der Waals surface area contributed by atoms with Crippen LogP contribution < -0.4 is 0 Å². The average Bonchev–Trinajstić information content (AvgIpc) is 3.20. The molecule has 1 aromatic carbocycles. The van der Waals surface area contributed by atoms with Gasteiger partial charge in [-0.2, -0.15) is 0 Å². The van der Waals surface area contributed by atoms with Crippen LogP contribution in [0.5, 0.6) is 0 Å². The van der Waals surface area contributed by atoms with Crippen LogP contribution in [0.2, 0.25) is 5.02 Å². The summed E-state index contributed by atoms with van der Waals surface area (Å²) in [4.78, 5) is 39.5. The van der Waals surface area contributed by atoms with E-state index in [1.165, 1.54) is 12.3 Å². The van der Waals surface area contributed by atoms with Gasteiger partial charge in [0, 0.05) is 31.2 Å². The number of esters is 1. The Bertz CT molecular complexity index is 798. The summed E-state index contributed by atoms with van der Waals surface area (Å²) < 4.78 is 10.1. The molecule has 0 saturated carbocycles. The molecule has 0 aliphatic carbocycles. The zero-order chi connectivity index (χ0) is 18.5. The molecule has 2 heterocycles. The van der Waals surface area contributed by atoms with E-state index in [2.05, 4.69) is 0 Å². The summed E-state index contributed by atoms with van der Waals surface area (Å²) in [5.74, 6) is -0.826. The maximum Gasteiger partial charge on any atom is 0.338 e. The van der Waals surface area contributed by atoms with Crippen molar-refractivity contribution in [2.24, 2.45) is 0 Å². The zero-order valence-corrected chi connectivity index (χ0v) is 14.6. The third kappa shape index (κ3) is 4.23. The molecule has 2 amide bonds. The summed E-state index contributed by atoms with van der Waals surface area (Å²) in [6.45, 7) is 1.19. The SMILES string of the molecule is O=C(OCC(=O)N1CCN(C(=O)c2ccco2)CC1)c1cccc(Cl)c1. The molecule has 0 radical (unpaired) electrons. The Morgan fingerprint density at radius 2 is 1.77 bits per heavy atom. The van der Waals surface area contributed by atoms with Crippen LogP contribution in [0, 0.1) is 0 Å². The van der Waals surface area contributed by atoms with E-state index >= 15 is 0 Å². The number of rotatable bonds is 4. The lowest BCUT2D eigenvalue weighted by molar-refractivity contribution is -0.136. The maximum absolute atomic E-state index is 12.2. The van der Waals surface area contributed by atoms with Gasteiger partial charge in [-0.05, 0) is 30.3 Å². The number of halogens is 1. The molecule has 1 aliphatic rings. The normalized spacial score (nSPS) is 14.2. The molecule has 1 aromatic heterocycles. The van der Waals surface area contributed by atoms with E-state index in [-0.39, 0.29) is 24.2 Å². The molecule has 8 heteroatoms. The Kier molecular flexibility index (Phi) is 5.58. The first-order valence-corrected chi connectivity index (χ1v) is 8.45. The van der Waals surface area contributed by atoms with Crippen molar-refractivity contribution in [1.82, 2.24) is 9.80 Å². The summed E-state index contributed by atoms with van der Waals surface area (Å²) in [6, 6.07) is 9.59. The largest absolute Gasteiger partial charge is 0.459 e. The summed E-state index contributed by atoms with van der Waals surface area (Å²) in [5, 5.41) is 0.420. The van der Waals surface area contributed by atoms with Crippen molar-refractivity contribution in [3.05, 3.63) is 59.0 Å². The van der Waals surface area contributed by atoms with Crippen molar-refractivity contribution in [2.45, 2.75) is 0 Å². The fraction of sp³-hybridized carbons (Fsp3) is 0.278. The molecular formula is C18H17ClN2O5. The zero-order valence-electron chi connectivity index (χ0n) is 13.9. The second-order valence-corrected chi connectivity index (χ2v) is 6.17. The van der Waals surface area contributed by atoms with E-state index in [0.717, 1.165) is 0 Å². The topological polar surface area (TPSA) is 80.1 Å². The predicted molar refractivity (Wildman–Crippen MR) is 92.9 cm³/mol. The molecule has 0 bridgehead atoms. The van der Waals surface area contributed by atoms with Crippen LogP contribution in [0.15, 0.2) is 47.1 Å². The first-order chi connectivity index (χ1) is 12.5. The standard InChI is InChI=1S/C18H17ClN2O5/c19-14-4-1-3-13(11-14)18(24)26-12-16(22)20-6-8-21(9-7-20)17(23)15-5-2-10-25-15/h1-5,10-11H,6-9,12H2. The molecule has 3 rings (SSSR count). The van der Waals surface area contributed by atoms with Gasteiger partial charge in [-0.15, -0.1) is 0 Å². The third-order valence-corrected chi connectivity index (χ3v) is 4.27. The Morgan fingerprint density at radius 1 is 1.04 bits per heavy atom. The van der Waals surface area contributed by atoms with Gasteiger partial charge >= 0.3 is 5.97 Å². The maximum atomic E-state index is 12.2. The number of furan rings is 1. The van der Waals surface area contributed by atoms with Gasteiger partial charge in [0.15, 0.2) is 12.4 Å². The number of carbonyl (C=O) groups is 3. The highest BCUT2D eigenvalue weighted by molar-refractivity contribution is 6.30. The minimum atomic E-state index is -0.604. The van der Waals surface area contributed by atoms with Crippen LogP contribution >= 0.6 is 11.6 Å². The summed E-state index contributed by atoms with van der Waals surface area (Å²) in [6.07, 6.45) is 1.45. The van der Waals surface area contributed by atoms with Gasteiger partial charge in [-0.1, -0.05) is 17.7 Å². The molecule has 0 atom stereocenters. The highest BCUT2D eigenvalue weighted by Gasteiger charge is 2.26. The van der Waals surface area contributed by atoms with Gasteiger partial charge < -0.3 is 19.0 Å². The molecule has 1 fully saturated rings. The van der Waals surface area contributed by atoms with Crippen LogP contribution in [0.4, 0.5) is 0 Å². The number of ether oxygens (including phenoxy) is 1. The van der Waals surface area contributed by atoms with Crippen molar-refractivity contribution < 1.29 is 23.5 Å². The van der Waals surface area contributed by atoms with E-state index in [4.69, 9.17) is 20.8 Å². The van der Waals surface area contributed by atoms with Crippen LogP contribution in [-0.4, -0.2) is 60.4 Å². The second-order valence-electron chi connectivity index (χ2n) is 5.74. The van der Waals surface area contributed by atoms with Crippen LogP contribution in [0.3, 0.4) is 0 Å². The van der Waals surface area contributed by atoms with Crippen molar-refractivity contribution in [3.63, 3.8) is 0 Å². The molecule has 26 heavy (non-hydrogen) atoms. The number of nitrogens with zero attached hydrogens (tertiary/aromatic N) is 2. The lowest BCUT2D eigenvalue weighted by Gasteiger charge is -2.34. The van der Waals surface area contributed by atoms with Crippen molar-refractivity contribution in [1.29, 1.82) is 0 Å². The van der Waals surface area contributed by atoms with E-state index < -0.39 is 5.97 Å². The van der Waals surface area contributed by atoms with Gasteiger partial charge in [0.25, 0.3) is 11.8 Å². The number of carbonyl (C=O) groups excluding carboxylic acids is 3. The Hall–Kier alpha value is -2.80. The Balaban J connectivity index is 1.46. The van der Waals surface area contributed by atoms with Crippen molar-refractivity contribution >= 4 is 29.4 Å². The summed E-state index contributed by atoms with van der Waals surface area (Å²) in [7, 11) is 0. The second kappa shape index (κ2) is 8.05. The van der Waals surface area contributed by atoms with Gasteiger partial charge in [-0.3, -0.25) is 9.59 Å².